The molecule has 2 aliphatic rings. The van der Waals surface area contributed by atoms with E-state index in [0.29, 0.717) is 23.2 Å². The van der Waals surface area contributed by atoms with Gasteiger partial charge in [0.1, 0.15) is 23.6 Å². The molecule has 4 unspecified atom stereocenters. The Morgan fingerprint density at radius 2 is 0.970 bits per heavy atom. The molecule has 0 radical (unpaired) electrons. The third-order valence-electron chi connectivity index (χ3n) is 5.44. The molecule has 0 saturated heterocycles. The van der Waals surface area contributed by atoms with Crippen LogP contribution in [0.15, 0.2) is 88.8 Å². The van der Waals surface area contributed by atoms with E-state index in [4.69, 9.17) is 24.4 Å². The van der Waals surface area contributed by atoms with Crippen molar-refractivity contribution in [2.45, 2.75) is 38.1 Å². The summed E-state index contributed by atoms with van der Waals surface area (Å²) in [5, 5.41) is 0. The Hall–Kier alpha value is -2.37. The van der Waals surface area contributed by atoms with Gasteiger partial charge in [-0.1, -0.05) is 66.7 Å². The molecule has 172 valence electrons. The third-order valence-corrected chi connectivity index (χ3v) is 5.44. The Morgan fingerprint density at radius 3 is 1.36 bits per heavy atom. The summed E-state index contributed by atoms with van der Waals surface area (Å²) >= 11 is 0. The molecule has 4 atom stereocenters. The van der Waals surface area contributed by atoms with E-state index < -0.39 is 0 Å². The second-order valence-corrected chi connectivity index (χ2v) is 7.66. The van der Waals surface area contributed by atoms with Gasteiger partial charge >= 0.3 is 17.1 Å². The number of hydrogen-bond acceptors (Lipinski definition) is 5. The van der Waals surface area contributed by atoms with Crippen LogP contribution in [0.25, 0.3) is 0 Å². The van der Waals surface area contributed by atoms with Gasteiger partial charge in [-0.3, -0.25) is 0 Å². The Kier molecular flexibility index (Phi) is 9.50. The van der Waals surface area contributed by atoms with Crippen molar-refractivity contribution in [3.05, 3.63) is 101 Å². The predicted octanol–water partition coefficient (Wildman–Crippen LogP) is -1.10. The number of halogens is 2. The molecule has 0 bridgehead atoms. The molecule has 0 N–H and O–H groups in total. The molecule has 0 amide bonds. The summed E-state index contributed by atoms with van der Waals surface area (Å²) < 4.78 is 12.4. The molecule has 0 spiro atoms. The first kappa shape index (κ1) is 26.9. The van der Waals surface area contributed by atoms with Crippen molar-refractivity contribution in [1.82, 2.24) is 4.98 Å². The van der Waals surface area contributed by atoms with Gasteiger partial charge < -0.3 is 34.3 Å². The van der Waals surface area contributed by atoms with E-state index >= 15 is 0 Å². The first-order chi connectivity index (χ1) is 14.7. The Balaban J connectivity index is 0.00000128. The quantitative estimate of drug-likeness (QED) is 0.408. The van der Waals surface area contributed by atoms with E-state index in [2.05, 4.69) is 38.1 Å². The van der Waals surface area contributed by atoms with Crippen LogP contribution in [-0.2, 0) is 26.5 Å². The molecule has 1 aromatic heterocycles. The topological polar surface area (TPSA) is 56.1 Å². The van der Waals surface area contributed by atoms with Crippen molar-refractivity contribution in [2.24, 2.45) is 9.98 Å². The first-order valence-electron chi connectivity index (χ1n) is 10.3. The summed E-state index contributed by atoms with van der Waals surface area (Å²) in [6.45, 7) is 4.12. The Labute approximate surface area is 217 Å². The molecular formula is C25H23Cl2FeN3O2. The van der Waals surface area contributed by atoms with E-state index in [1.165, 1.54) is 0 Å². The molecule has 33 heavy (non-hydrogen) atoms. The minimum Gasteiger partial charge on any atom is -1.00 e. The van der Waals surface area contributed by atoms with E-state index in [0.717, 1.165) is 11.1 Å². The largest absolute Gasteiger partial charge is 2.00 e. The molecule has 5 rings (SSSR count). The second-order valence-electron chi connectivity index (χ2n) is 7.66. The Morgan fingerprint density at radius 1 is 0.576 bits per heavy atom. The number of benzene rings is 2. The smallest absolute Gasteiger partial charge is 1.00 e. The fourth-order valence-corrected chi connectivity index (χ4v) is 3.91. The van der Waals surface area contributed by atoms with E-state index in [1.54, 1.807) is 0 Å². The van der Waals surface area contributed by atoms with E-state index in [-0.39, 0.29) is 66.2 Å². The van der Waals surface area contributed by atoms with Crippen molar-refractivity contribution in [3.63, 3.8) is 0 Å². The zero-order valence-corrected chi connectivity index (χ0v) is 20.7. The summed E-state index contributed by atoms with van der Waals surface area (Å²) in [4.78, 5) is 14.2. The normalized spacial score (nSPS) is 23.0. The summed E-state index contributed by atoms with van der Waals surface area (Å²) in [6, 6.07) is 26.1. The standard InChI is InChI=1S/C25H23N3O2.2ClH.Fe/c1-16-22(18-10-5-3-6-11-18)29-24(26-16)20-14-9-15-21(28-20)25-27-17(2)23(30-25)19-12-7-4-8-13-19;;;/h3-17,22-23H,1-2H3;2*1H;/q;;;+2/p-2. The molecule has 0 aliphatic carbocycles. The average Bonchev–Trinajstić information content (AvgIpc) is 3.38. The molecular weight excluding hydrogens is 501 g/mol. The minimum absolute atomic E-state index is 0. The number of pyridine rings is 1. The van der Waals surface area contributed by atoms with E-state index in [1.807, 2.05) is 54.6 Å². The fourth-order valence-electron chi connectivity index (χ4n) is 3.91. The van der Waals surface area contributed by atoms with Gasteiger partial charge in [0.15, 0.2) is 0 Å². The summed E-state index contributed by atoms with van der Waals surface area (Å²) in [7, 11) is 0. The molecule has 2 aliphatic heterocycles. The van der Waals surface area contributed by atoms with Crippen LogP contribution in [0.3, 0.4) is 0 Å². The number of ether oxygens (including phenoxy) is 2. The average molecular weight is 524 g/mol. The van der Waals surface area contributed by atoms with E-state index in [9.17, 15) is 0 Å². The van der Waals surface area contributed by atoms with Crippen molar-refractivity contribution < 1.29 is 51.4 Å². The minimum atomic E-state index is -0.103. The number of nitrogens with zero attached hydrogens (tertiary/aromatic N) is 3. The molecule has 2 aromatic carbocycles. The van der Waals surface area contributed by atoms with Crippen molar-refractivity contribution in [3.8, 4) is 0 Å². The summed E-state index contributed by atoms with van der Waals surface area (Å²) in [5.74, 6) is 1.12. The molecule has 3 heterocycles. The van der Waals surface area contributed by atoms with Crippen molar-refractivity contribution in [2.75, 3.05) is 0 Å². The maximum atomic E-state index is 6.18. The van der Waals surface area contributed by atoms with Crippen LogP contribution < -0.4 is 24.8 Å². The summed E-state index contributed by atoms with van der Waals surface area (Å²) in [5.41, 5.74) is 3.62. The Bertz CT molecular complexity index is 1030. The maximum absolute atomic E-state index is 6.18. The van der Waals surface area contributed by atoms with Gasteiger partial charge in [-0.25, -0.2) is 15.0 Å². The molecule has 3 aromatic rings. The van der Waals surface area contributed by atoms with Crippen LogP contribution in [0.5, 0.6) is 0 Å². The number of hydrogen-bond donors (Lipinski definition) is 0. The van der Waals surface area contributed by atoms with Crippen molar-refractivity contribution >= 4 is 11.8 Å². The predicted molar refractivity (Wildman–Crippen MR) is 117 cm³/mol. The van der Waals surface area contributed by atoms with Crippen LogP contribution in [0.1, 0.15) is 48.6 Å². The van der Waals surface area contributed by atoms with Gasteiger partial charge in [0, 0.05) is 0 Å². The molecule has 8 heteroatoms. The van der Waals surface area contributed by atoms with Gasteiger partial charge in [-0.15, -0.1) is 0 Å². The van der Waals surface area contributed by atoms with Crippen LogP contribution in [0, 0.1) is 0 Å². The monoisotopic (exact) mass is 523 g/mol. The van der Waals surface area contributed by atoms with Gasteiger partial charge in [0.2, 0.25) is 11.8 Å². The van der Waals surface area contributed by atoms with Gasteiger partial charge in [-0.05, 0) is 37.1 Å². The van der Waals surface area contributed by atoms with Gasteiger partial charge in [0.05, 0.1) is 12.1 Å². The fraction of sp³-hybridized carbons (Fsp3) is 0.240. The van der Waals surface area contributed by atoms with Gasteiger partial charge in [0.25, 0.3) is 0 Å². The van der Waals surface area contributed by atoms with Crippen LogP contribution >= 0.6 is 0 Å². The molecule has 0 fully saturated rings. The van der Waals surface area contributed by atoms with Crippen LogP contribution in [-0.4, -0.2) is 28.9 Å². The number of aliphatic imine (C=N–C) groups is 2. The van der Waals surface area contributed by atoms with Crippen LogP contribution in [0.2, 0.25) is 0 Å². The molecule has 5 nitrogen and oxygen atoms in total. The first-order valence-corrected chi connectivity index (χ1v) is 10.3. The second kappa shape index (κ2) is 11.7. The maximum Gasteiger partial charge on any atom is 2.00 e. The number of rotatable bonds is 4. The SMILES string of the molecule is CC1N=C(c2cccc(C3=NC(C)C(c4ccccc4)O3)n2)OC1c1ccccc1.[Cl-].[Cl-].[Fe+2]. The van der Waals surface area contributed by atoms with Gasteiger partial charge in [-0.2, -0.15) is 0 Å². The number of aromatic nitrogens is 1. The third kappa shape index (κ3) is 5.59. The zero-order valence-electron chi connectivity index (χ0n) is 18.1. The summed E-state index contributed by atoms with van der Waals surface area (Å²) in [6.07, 6.45) is -0.205. The van der Waals surface area contributed by atoms with Crippen LogP contribution in [0.4, 0.5) is 0 Å². The van der Waals surface area contributed by atoms with Crippen molar-refractivity contribution in [1.29, 1.82) is 0 Å². The zero-order chi connectivity index (χ0) is 20.5. The molecule has 0 saturated carbocycles.